The zero-order valence-electron chi connectivity index (χ0n) is 11.6. The van der Waals surface area contributed by atoms with E-state index in [2.05, 4.69) is 16.0 Å². The average Bonchev–Trinajstić information content (AvgIpc) is 2.36. The monoisotopic (exact) mass is 276 g/mol. The topological polar surface area (TPSA) is 35.0 Å². The van der Waals surface area contributed by atoms with Gasteiger partial charge < -0.3 is 4.74 Å². The number of methoxy groups -OCH3 is 1. The van der Waals surface area contributed by atoms with Crippen LogP contribution in [0, 0.1) is 13.8 Å². The third-order valence-corrected chi connectivity index (χ3v) is 3.17. The van der Waals surface area contributed by atoms with Crippen molar-refractivity contribution in [3.63, 3.8) is 0 Å². The first-order valence-electron chi connectivity index (χ1n) is 6.24. The lowest BCUT2D eigenvalue weighted by molar-refractivity contribution is 0.415. The second-order valence-corrected chi connectivity index (χ2v) is 4.89. The van der Waals surface area contributed by atoms with Gasteiger partial charge in [0, 0.05) is 18.1 Å². The minimum atomic E-state index is 0.462. The first-order chi connectivity index (χ1) is 9.05. The van der Waals surface area contributed by atoms with Crippen molar-refractivity contribution in [3.05, 3.63) is 40.3 Å². The highest BCUT2D eigenvalue weighted by Crippen LogP contribution is 2.34. The summed E-state index contributed by atoms with van der Waals surface area (Å²) >= 11 is 6.07. The van der Waals surface area contributed by atoms with Crippen LogP contribution in [-0.2, 0) is 6.42 Å². The molecule has 0 aliphatic rings. The Morgan fingerprint density at radius 3 is 2.53 bits per heavy atom. The molecule has 0 N–H and O–H groups in total. The molecule has 19 heavy (non-hydrogen) atoms. The number of ether oxygens (including phenoxy) is 1. The maximum absolute atomic E-state index is 6.07. The molecule has 2 rings (SSSR count). The van der Waals surface area contributed by atoms with Crippen LogP contribution in [-0.4, -0.2) is 17.1 Å². The molecule has 0 radical (unpaired) electrons. The lowest BCUT2D eigenvalue weighted by Gasteiger charge is -2.13. The van der Waals surface area contributed by atoms with Crippen molar-refractivity contribution in [3.8, 4) is 17.0 Å². The molecular formula is C15H17ClN2O. The van der Waals surface area contributed by atoms with Crippen LogP contribution in [0.15, 0.2) is 18.2 Å². The molecule has 1 heterocycles. The third-order valence-electron chi connectivity index (χ3n) is 2.98. The van der Waals surface area contributed by atoms with Crippen molar-refractivity contribution in [2.45, 2.75) is 27.2 Å². The Hall–Kier alpha value is -1.61. The second kappa shape index (κ2) is 5.57. The molecule has 0 fully saturated rings. The van der Waals surface area contributed by atoms with E-state index in [9.17, 15) is 0 Å². The number of rotatable bonds is 3. The van der Waals surface area contributed by atoms with Gasteiger partial charge in [-0.15, -0.1) is 0 Å². The Bertz CT molecular complexity index is 611. The molecule has 0 bridgehead atoms. The highest BCUT2D eigenvalue weighted by molar-refractivity contribution is 6.29. The summed E-state index contributed by atoms with van der Waals surface area (Å²) in [6.07, 6.45) is 0.751. The van der Waals surface area contributed by atoms with Gasteiger partial charge in [-0.05, 0) is 31.0 Å². The van der Waals surface area contributed by atoms with E-state index in [4.69, 9.17) is 16.3 Å². The van der Waals surface area contributed by atoms with Crippen molar-refractivity contribution in [2.75, 3.05) is 7.11 Å². The van der Waals surface area contributed by atoms with Gasteiger partial charge in [0.1, 0.15) is 16.7 Å². The smallest absolute Gasteiger partial charge is 0.133 e. The molecule has 0 spiro atoms. The van der Waals surface area contributed by atoms with Crippen LogP contribution >= 0.6 is 11.6 Å². The largest absolute Gasteiger partial charge is 0.496 e. The molecule has 3 nitrogen and oxygen atoms in total. The fourth-order valence-corrected chi connectivity index (χ4v) is 2.37. The summed E-state index contributed by atoms with van der Waals surface area (Å²) in [5.74, 6) is 1.55. The van der Waals surface area contributed by atoms with Crippen molar-refractivity contribution in [1.82, 2.24) is 9.97 Å². The lowest BCUT2D eigenvalue weighted by atomic mass is 10.0. The van der Waals surface area contributed by atoms with Gasteiger partial charge in [0.15, 0.2) is 0 Å². The Labute approximate surface area is 118 Å². The van der Waals surface area contributed by atoms with Gasteiger partial charge >= 0.3 is 0 Å². The fraction of sp³-hybridized carbons (Fsp3) is 0.333. The quantitative estimate of drug-likeness (QED) is 0.795. The third kappa shape index (κ3) is 2.87. The molecule has 0 saturated heterocycles. The number of hydrogen-bond acceptors (Lipinski definition) is 3. The van der Waals surface area contributed by atoms with Crippen molar-refractivity contribution in [1.29, 1.82) is 0 Å². The number of aromatic nitrogens is 2. The molecule has 0 aliphatic heterocycles. The molecule has 2 aromatic rings. The van der Waals surface area contributed by atoms with Gasteiger partial charge in [0.05, 0.1) is 12.8 Å². The van der Waals surface area contributed by atoms with Crippen molar-refractivity contribution in [2.24, 2.45) is 0 Å². The first-order valence-corrected chi connectivity index (χ1v) is 6.62. The highest BCUT2D eigenvalue weighted by Gasteiger charge is 2.13. The zero-order valence-corrected chi connectivity index (χ0v) is 12.4. The van der Waals surface area contributed by atoms with Crippen LogP contribution in [0.25, 0.3) is 11.3 Å². The van der Waals surface area contributed by atoms with Crippen LogP contribution in [0.5, 0.6) is 5.75 Å². The lowest BCUT2D eigenvalue weighted by Crippen LogP contribution is -1.99. The van der Waals surface area contributed by atoms with E-state index in [0.717, 1.165) is 40.4 Å². The summed E-state index contributed by atoms with van der Waals surface area (Å²) in [7, 11) is 1.67. The van der Waals surface area contributed by atoms with Gasteiger partial charge in [-0.25, -0.2) is 9.97 Å². The summed E-state index contributed by atoms with van der Waals surface area (Å²) < 4.78 is 5.47. The van der Waals surface area contributed by atoms with Gasteiger partial charge in [0.2, 0.25) is 0 Å². The van der Waals surface area contributed by atoms with E-state index in [1.165, 1.54) is 0 Å². The van der Waals surface area contributed by atoms with E-state index in [1.54, 1.807) is 13.2 Å². The van der Waals surface area contributed by atoms with E-state index in [0.29, 0.717) is 5.15 Å². The number of nitrogens with zero attached hydrogens (tertiary/aromatic N) is 2. The number of halogens is 1. The molecule has 0 atom stereocenters. The summed E-state index contributed by atoms with van der Waals surface area (Å²) in [6, 6.07) is 5.89. The standard InChI is InChI=1S/C15H17ClN2O/c1-5-14-17-11(8-13(16)18-14)15-10(3)6-9(2)7-12(15)19-4/h6-8H,5H2,1-4H3. The predicted octanol–water partition coefficient (Wildman–Crippen LogP) is 3.98. The molecule has 0 amide bonds. The first kappa shape index (κ1) is 13.8. The van der Waals surface area contributed by atoms with Crippen LogP contribution in [0.2, 0.25) is 5.15 Å². The Morgan fingerprint density at radius 2 is 1.89 bits per heavy atom. The molecule has 1 aromatic carbocycles. The maximum Gasteiger partial charge on any atom is 0.133 e. The molecule has 4 heteroatoms. The van der Waals surface area contributed by atoms with Gasteiger partial charge in [0.25, 0.3) is 0 Å². The van der Waals surface area contributed by atoms with Gasteiger partial charge in [-0.1, -0.05) is 24.6 Å². The van der Waals surface area contributed by atoms with Crippen molar-refractivity contribution >= 4 is 11.6 Å². The van der Waals surface area contributed by atoms with Crippen LogP contribution in [0.4, 0.5) is 0 Å². The second-order valence-electron chi connectivity index (χ2n) is 4.50. The summed E-state index contributed by atoms with van der Waals surface area (Å²) in [4.78, 5) is 8.74. The van der Waals surface area contributed by atoms with E-state index >= 15 is 0 Å². The predicted molar refractivity (Wildman–Crippen MR) is 77.9 cm³/mol. The Kier molecular flexibility index (Phi) is 4.05. The van der Waals surface area contributed by atoms with Gasteiger partial charge in [-0.3, -0.25) is 0 Å². The highest BCUT2D eigenvalue weighted by atomic mass is 35.5. The minimum Gasteiger partial charge on any atom is -0.496 e. The SMILES string of the molecule is CCc1nc(Cl)cc(-c2c(C)cc(C)cc2OC)n1. The van der Waals surface area contributed by atoms with Crippen LogP contribution < -0.4 is 4.74 Å². The molecular weight excluding hydrogens is 260 g/mol. The molecule has 100 valence electrons. The van der Waals surface area contributed by atoms with E-state index in [-0.39, 0.29) is 0 Å². The number of aryl methyl sites for hydroxylation is 3. The number of benzene rings is 1. The van der Waals surface area contributed by atoms with Gasteiger partial charge in [-0.2, -0.15) is 0 Å². The Morgan fingerprint density at radius 1 is 1.16 bits per heavy atom. The molecule has 0 saturated carbocycles. The summed E-state index contributed by atoms with van der Waals surface area (Å²) in [5, 5.41) is 0.462. The zero-order chi connectivity index (χ0) is 14.0. The molecule has 1 aromatic heterocycles. The molecule has 0 unspecified atom stereocenters. The van der Waals surface area contributed by atoms with E-state index in [1.807, 2.05) is 26.8 Å². The summed E-state index contributed by atoms with van der Waals surface area (Å²) in [5.41, 5.74) is 4.07. The maximum atomic E-state index is 6.07. The normalized spacial score (nSPS) is 10.6. The molecule has 0 aliphatic carbocycles. The average molecular weight is 277 g/mol. The minimum absolute atomic E-state index is 0.462. The fourth-order valence-electron chi connectivity index (χ4n) is 2.17. The summed E-state index contributed by atoms with van der Waals surface area (Å²) in [6.45, 7) is 6.10. The van der Waals surface area contributed by atoms with Crippen molar-refractivity contribution < 1.29 is 4.74 Å². The Balaban J connectivity index is 2.67. The van der Waals surface area contributed by atoms with E-state index < -0.39 is 0 Å². The van der Waals surface area contributed by atoms with Crippen LogP contribution in [0.3, 0.4) is 0 Å². The number of hydrogen-bond donors (Lipinski definition) is 0. The van der Waals surface area contributed by atoms with Crippen LogP contribution in [0.1, 0.15) is 23.9 Å².